The van der Waals surface area contributed by atoms with E-state index in [9.17, 15) is 18.8 Å². The zero-order chi connectivity index (χ0) is 25.4. The van der Waals surface area contributed by atoms with Crippen molar-refractivity contribution in [3.05, 3.63) is 40.2 Å². The third kappa shape index (κ3) is 5.47. The number of aryl methyl sites for hydroxylation is 2. The number of nitrogens with one attached hydrogen (secondary N) is 2. The Morgan fingerprint density at radius 2 is 2.05 bits per heavy atom. The third-order valence-electron chi connectivity index (χ3n) is 5.67. The normalized spacial score (nSPS) is 16.1. The molecule has 0 radical (unpaired) electrons. The Balaban J connectivity index is 0.00000200. The molecular formula is C23H28FN7O6S. The topological polar surface area (TPSA) is 150 Å². The number of amides is 2. The molecule has 0 spiro atoms. The van der Waals surface area contributed by atoms with E-state index in [0.29, 0.717) is 24.3 Å². The van der Waals surface area contributed by atoms with Crippen LogP contribution < -0.4 is 30.6 Å². The van der Waals surface area contributed by atoms with Gasteiger partial charge in [0, 0.05) is 20.1 Å². The summed E-state index contributed by atoms with van der Waals surface area (Å²) in [5.41, 5.74) is 0.707. The highest BCUT2D eigenvalue weighted by Gasteiger charge is 2.34. The second-order valence-electron chi connectivity index (χ2n) is 8.19. The van der Waals surface area contributed by atoms with Gasteiger partial charge in [-0.2, -0.15) is 13.5 Å². The highest BCUT2D eigenvalue weighted by Crippen LogP contribution is 2.28. The molecule has 15 heteroatoms. The Bertz CT molecular complexity index is 1440. The number of aromatic nitrogens is 4. The Hall–Kier alpha value is -3.98. The van der Waals surface area contributed by atoms with Crippen LogP contribution in [0.1, 0.15) is 13.1 Å². The van der Waals surface area contributed by atoms with Crippen LogP contribution in [-0.4, -0.2) is 70.5 Å². The maximum Gasteiger partial charge on any atom is 0.416 e. The lowest BCUT2D eigenvalue weighted by Gasteiger charge is -2.18. The monoisotopic (exact) mass is 549 g/mol. The predicted octanol–water partition coefficient (Wildman–Crippen LogP) is 1.24. The van der Waals surface area contributed by atoms with Crippen LogP contribution in [0.5, 0.6) is 11.6 Å². The van der Waals surface area contributed by atoms with Gasteiger partial charge in [0.15, 0.2) is 29.8 Å². The Morgan fingerprint density at radius 3 is 2.84 bits per heavy atom. The molecule has 4 heterocycles. The van der Waals surface area contributed by atoms with Crippen LogP contribution in [0.15, 0.2) is 23.1 Å². The Morgan fingerprint density at radius 1 is 1.26 bits per heavy atom. The van der Waals surface area contributed by atoms with Crippen LogP contribution in [0.4, 0.5) is 20.8 Å². The molecule has 5 rings (SSSR count). The molecule has 0 aliphatic carbocycles. The molecule has 1 aromatic carbocycles. The van der Waals surface area contributed by atoms with Crippen molar-refractivity contribution >= 4 is 48.2 Å². The number of carbonyl (C=O) groups is 2. The van der Waals surface area contributed by atoms with Crippen molar-refractivity contribution in [1.82, 2.24) is 24.8 Å². The van der Waals surface area contributed by atoms with E-state index in [-0.39, 0.29) is 80.9 Å². The molecule has 38 heavy (non-hydrogen) atoms. The second-order valence-corrected chi connectivity index (χ2v) is 8.19. The molecule has 0 unspecified atom stereocenters. The minimum absolute atomic E-state index is 0. The lowest BCUT2D eigenvalue weighted by atomic mass is 10.2. The first-order valence-corrected chi connectivity index (χ1v) is 11.1. The number of anilines is 2. The van der Waals surface area contributed by atoms with Crippen LogP contribution in [0.3, 0.4) is 0 Å². The molecule has 2 aliphatic rings. The van der Waals surface area contributed by atoms with Gasteiger partial charge in [-0.25, -0.2) is 24.1 Å². The van der Waals surface area contributed by atoms with E-state index < -0.39 is 18.0 Å². The van der Waals surface area contributed by atoms with Gasteiger partial charge < -0.3 is 29.4 Å². The highest BCUT2D eigenvalue weighted by atomic mass is 32.1. The molecule has 13 nitrogen and oxygen atoms in total. The average Bonchev–Trinajstić information content (AvgIpc) is 3.23. The summed E-state index contributed by atoms with van der Waals surface area (Å²) in [5, 5.41) is 5.64. The maximum absolute atomic E-state index is 14.5. The number of nitrogens with zero attached hydrogens (tertiary/aromatic N) is 5. The van der Waals surface area contributed by atoms with Crippen molar-refractivity contribution in [1.29, 1.82) is 0 Å². The van der Waals surface area contributed by atoms with Gasteiger partial charge in [-0.15, -0.1) is 0 Å². The van der Waals surface area contributed by atoms with Crippen molar-refractivity contribution in [2.24, 2.45) is 7.05 Å². The molecule has 2 N–H and O–H groups in total. The zero-order valence-corrected chi connectivity index (χ0v) is 20.9. The van der Waals surface area contributed by atoms with E-state index in [1.165, 1.54) is 34.8 Å². The predicted molar refractivity (Wildman–Crippen MR) is 141 cm³/mol. The molecule has 2 aliphatic heterocycles. The van der Waals surface area contributed by atoms with E-state index in [2.05, 4.69) is 25.6 Å². The molecule has 3 aromatic rings. The van der Waals surface area contributed by atoms with Gasteiger partial charge in [0.1, 0.15) is 23.9 Å². The highest BCUT2D eigenvalue weighted by molar-refractivity contribution is 7.59. The van der Waals surface area contributed by atoms with Crippen LogP contribution in [-0.2, 0) is 16.6 Å². The van der Waals surface area contributed by atoms with Crippen LogP contribution >= 0.6 is 13.5 Å². The number of rotatable bonds is 7. The molecule has 0 bridgehead atoms. The van der Waals surface area contributed by atoms with Crippen molar-refractivity contribution in [2.45, 2.75) is 20.5 Å². The Kier molecular flexibility index (Phi) is 8.73. The van der Waals surface area contributed by atoms with E-state index in [1.807, 2.05) is 0 Å². The average molecular weight is 550 g/mol. The van der Waals surface area contributed by atoms with E-state index >= 15 is 0 Å². The quantitative estimate of drug-likeness (QED) is 0.412. The van der Waals surface area contributed by atoms with Gasteiger partial charge in [0.25, 0.3) is 17.3 Å². The van der Waals surface area contributed by atoms with Crippen molar-refractivity contribution in [3.63, 3.8) is 0 Å². The molecule has 0 saturated carbocycles. The SMILES string of the molecule is C.Cc1nc2ccc(F)c(OCCNC[C@H]3CN(c4cnc5c(n4)NC(=O)CO5)C(=O)O3)c2n(C)c1=O.S. The van der Waals surface area contributed by atoms with Crippen LogP contribution in [0.2, 0.25) is 0 Å². The molecule has 2 aromatic heterocycles. The number of hydrogen-bond acceptors (Lipinski definition) is 10. The fourth-order valence-electron chi connectivity index (χ4n) is 3.95. The summed E-state index contributed by atoms with van der Waals surface area (Å²) in [6.07, 6.45) is 0.282. The third-order valence-corrected chi connectivity index (χ3v) is 5.67. The van der Waals surface area contributed by atoms with Crippen molar-refractivity contribution in [3.8, 4) is 11.6 Å². The summed E-state index contributed by atoms with van der Waals surface area (Å²) in [6.45, 7) is 2.38. The number of benzene rings is 1. The van der Waals surface area contributed by atoms with E-state index in [0.717, 1.165) is 0 Å². The number of cyclic esters (lactones) is 1. The Labute approximate surface area is 223 Å². The lowest BCUT2D eigenvalue weighted by molar-refractivity contribution is -0.118. The van der Waals surface area contributed by atoms with Gasteiger partial charge in [-0.1, -0.05) is 7.43 Å². The van der Waals surface area contributed by atoms with Crippen molar-refractivity contribution < 1.29 is 28.2 Å². The standard InChI is InChI=1S/C22H22FN7O6.CH4.H2S/c1-11-21(32)29(2)17-14(26-11)4-3-13(23)18(17)34-6-5-24-7-12-9-30(22(33)36-12)15-8-25-20-19(27-15)28-16(31)10-35-20;;/h3-4,8,12,24H,5-7,9-10H2,1-2H3,(H,27,28,31);1H4;1H2/t12-;;/m0../s1. The summed E-state index contributed by atoms with van der Waals surface area (Å²) in [4.78, 5) is 49.9. The summed E-state index contributed by atoms with van der Waals surface area (Å²) in [5.74, 6) is -0.481. The summed E-state index contributed by atoms with van der Waals surface area (Å²) < 4.78 is 32.0. The first-order valence-electron chi connectivity index (χ1n) is 11.1. The molecule has 204 valence electrons. The van der Waals surface area contributed by atoms with Gasteiger partial charge in [0.2, 0.25) is 0 Å². The first-order chi connectivity index (χ1) is 17.3. The van der Waals surface area contributed by atoms with Gasteiger partial charge in [0.05, 0.1) is 18.3 Å². The minimum Gasteiger partial charge on any atom is -0.487 e. The molecule has 1 saturated heterocycles. The lowest BCUT2D eigenvalue weighted by Crippen LogP contribution is -2.33. The number of halogens is 1. The molecule has 2 amide bonds. The summed E-state index contributed by atoms with van der Waals surface area (Å²) >= 11 is 0. The van der Waals surface area contributed by atoms with E-state index in [1.54, 1.807) is 6.92 Å². The van der Waals surface area contributed by atoms with E-state index in [4.69, 9.17) is 14.2 Å². The number of ether oxygens (including phenoxy) is 3. The first kappa shape index (κ1) is 28.6. The number of fused-ring (bicyclic) bond motifs is 2. The molecular weight excluding hydrogens is 521 g/mol. The van der Waals surface area contributed by atoms with Gasteiger partial charge >= 0.3 is 6.09 Å². The minimum atomic E-state index is -0.601. The second kappa shape index (κ2) is 11.6. The van der Waals surface area contributed by atoms with Crippen LogP contribution in [0, 0.1) is 12.7 Å². The van der Waals surface area contributed by atoms with Crippen molar-refractivity contribution in [2.75, 3.05) is 43.1 Å². The van der Waals surface area contributed by atoms with Crippen LogP contribution in [0.25, 0.3) is 11.0 Å². The largest absolute Gasteiger partial charge is 0.487 e. The number of carbonyl (C=O) groups excluding carboxylic acids is 2. The molecule has 1 atom stereocenters. The van der Waals surface area contributed by atoms with Gasteiger partial charge in [-0.05, 0) is 19.1 Å². The fourth-order valence-corrected chi connectivity index (χ4v) is 3.95. The molecule has 1 fully saturated rings. The fraction of sp³-hybridized carbons (Fsp3) is 0.391. The smallest absolute Gasteiger partial charge is 0.416 e. The summed E-state index contributed by atoms with van der Waals surface area (Å²) in [7, 11) is 1.54. The summed E-state index contributed by atoms with van der Waals surface area (Å²) in [6, 6.07) is 2.74. The number of hydrogen-bond donors (Lipinski definition) is 2. The zero-order valence-electron chi connectivity index (χ0n) is 19.9. The maximum atomic E-state index is 14.5. The van der Waals surface area contributed by atoms with Gasteiger partial charge in [-0.3, -0.25) is 14.5 Å².